The summed E-state index contributed by atoms with van der Waals surface area (Å²) in [4.78, 5) is 15.0. The second-order valence-electron chi connectivity index (χ2n) is 4.96. The molecule has 1 N–H and O–H groups in total. The molecule has 2 aromatic rings. The standard InChI is InChI=1S/C14H20N4OS/c1-11-5-8-20-13(11)10-17(3)14(19)16-12(2)9-18-7-4-6-15-18/h4-8,12H,9-10H2,1-3H3,(H,16,19)/t12-/m1/s1. The Kier molecular flexibility index (Phi) is 4.79. The summed E-state index contributed by atoms with van der Waals surface area (Å²) < 4.78 is 1.81. The summed E-state index contributed by atoms with van der Waals surface area (Å²) in [7, 11) is 1.81. The second kappa shape index (κ2) is 6.56. The number of amides is 2. The molecule has 2 heterocycles. The number of nitrogens with one attached hydrogen (secondary N) is 1. The summed E-state index contributed by atoms with van der Waals surface area (Å²) in [6, 6.07) is 3.93. The molecule has 0 radical (unpaired) electrons. The number of aryl methyl sites for hydroxylation is 1. The van der Waals surface area contributed by atoms with Crippen molar-refractivity contribution in [3.8, 4) is 0 Å². The first-order valence-corrected chi connectivity index (χ1v) is 7.46. The van der Waals surface area contributed by atoms with Crippen LogP contribution in [0.1, 0.15) is 17.4 Å². The number of nitrogens with zero attached hydrogens (tertiary/aromatic N) is 3. The van der Waals surface area contributed by atoms with Crippen molar-refractivity contribution < 1.29 is 4.79 Å². The molecular formula is C14H20N4OS. The summed E-state index contributed by atoms with van der Waals surface area (Å²) in [5, 5.41) is 9.17. The van der Waals surface area contributed by atoms with Crippen LogP contribution in [0.2, 0.25) is 0 Å². The average molecular weight is 292 g/mol. The fourth-order valence-electron chi connectivity index (χ4n) is 1.91. The van der Waals surface area contributed by atoms with Gasteiger partial charge in [0.05, 0.1) is 13.1 Å². The Labute approximate surface area is 123 Å². The van der Waals surface area contributed by atoms with Gasteiger partial charge < -0.3 is 10.2 Å². The normalized spacial score (nSPS) is 12.2. The van der Waals surface area contributed by atoms with Gasteiger partial charge in [-0.3, -0.25) is 4.68 Å². The van der Waals surface area contributed by atoms with Crippen molar-refractivity contribution in [1.82, 2.24) is 20.0 Å². The fraction of sp³-hybridized carbons (Fsp3) is 0.429. The van der Waals surface area contributed by atoms with E-state index in [9.17, 15) is 4.79 Å². The third-order valence-corrected chi connectivity index (χ3v) is 4.09. The van der Waals surface area contributed by atoms with Gasteiger partial charge in [-0.2, -0.15) is 5.10 Å². The molecule has 5 nitrogen and oxygen atoms in total. The number of carbonyl (C=O) groups excluding carboxylic acids is 1. The van der Waals surface area contributed by atoms with E-state index in [-0.39, 0.29) is 12.1 Å². The lowest BCUT2D eigenvalue weighted by atomic mass is 10.3. The van der Waals surface area contributed by atoms with Crippen molar-refractivity contribution >= 4 is 17.4 Å². The lowest BCUT2D eigenvalue weighted by Gasteiger charge is -2.21. The first-order chi connectivity index (χ1) is 9.56. The smallest absolute Gasteiger partial charge is 0.317 e. The van der Waals surface area contributed by atoms with Crippen molar-refractivity contribution in [2.24, 2.45) is 0 Å². The molecule has 0 aromatic carbocycles. The number of urea groups is 1. The fourth-order valence-corrected chi connectivity index (χ4v) is 2.87. The first-order valence-electron chi connectivity index (χ1n) is 6.58. The third-order valence-electron chi connectivity index (χ3n) is 3.09. The predicted octanol–water partition coefficient (Wildman–Crippen LogP) is 2.48. The average Bonchev–Trinajstić information content (AvgIpc) is 3.02. The molecule has 2 aromatic heterocycles. The monoisotopic (exact) mass is 292 g/mol. The van der Waals surface area contributed by atoms with E-state index in [4.69, 9.17) is 0 Å². The zero-order chi connectivity index (χ0) is 14.5. The number of rotatable bonds is 5. The van der Waals surface area contributed by atoms with E-state index in [1.807, 2.05) is 30.9 Å². The molecule has 1 atom stereocenters. The Morgan fingerprint density at radius 3 is 3.00 bits per heavy atom. The Hall–Kier alpha value is -1.82. The highest BCUT2D eigenvalue weighted by atomic mass is 32.1. The second-order valence-corrected chi connectivity index (χ2v) is 5.96. The zero-order valence-corrected chi connectivity index (χ0v) is 12.9. The van der Waals surface area contributed by atoms with Gasteiger partial charge >= 0.3 is 6.03 Å². The van der Waals surface area contributed by atoms with Crippen molar-refractivity contribution in [3.05, 3.63) is 40.3 Å². The molecule has 0 aliphatic rings. The molecule has 6 heteroatoms. The number of hydrogen-bond acceptors (Lipinski definition) is 3. The summed E-state index contributed by atoms with van der Waals surface area (Å²) in [6.07, 6.45) is 3.63. The van der Waals surface area contributed by atoms with E-state index in [0.29, 0.717) is 13.1 Å². The molecule has 0 unspecified atom stereocenters. The SMILES string of the molecule is Cc1ccsc1CN(C)C(=O)N[C@H](C)Cn1cccn1. The molecule has 0 aliphatic carbocycles. The Morgan fingerprint density at radius 2 is 2.40 bits per heavy atom. The highest BCUT2D eigenvalue weighted by Crippen LogP contribution is 2.17. The van der Waals surface area contributed by atoms with E-state index in [1.54, 1.807) is 22.4 Å². The molecule has 20 heavy (non-hydrogen) atoms. The molecule has 108 valence electrons. The minimum absolute atomic E-state index is 0.0364. The Morgan fingerprint density at radius 1 is 1.60 bits per heavy atom. The number of hydrogen-bond donors (Lipinski definition) is 1. The maximum atomic E-state index is 12.1. The van der Waals surface area contributed by atoms with Crippen LogP contribution in [0.5, 0.6) is 0 Å². The minimum Gasteiger partial charge on any atom is -0.334 e. The lowest BCUT2D eigenvalue weighted by Crippen LogP contribution is -2.43. The molecule has 0 fully saturated rings. The number of aromatic nitrogens is 2. The number of carbonyl (C=O) groups is 1. The topological polar surface area (TPSA) is 50.2 Å². The minimum atomic E-state index is -0.0579. The third kappa shape index (κ3) is 3.84. The first kappa shape index (κ1) is 14.6. The summed E-state index contributed by atoms with van der Waals surface area (Å²) in [6.45, 7) is 5.36. The lowest BCUT2D eigenvalue weighted by molar-refractivity contribution is 0.202. The van der Waals surface area contributed by atoms with Gasteiger partial charge in [0.25, 0.3) is 0 Å². The highest BCUT2D eigenvalue weighted by Gasteiger charge is 2.14. The van der Waals surface area contributed by atoms with Crippen LogP contribution in [0.15, 0.2) is 29.9 Å². The van der Waals surface area contributed by atoms with E-state index in [2.05, 4.69) is 28.8 Å². The van der Waals surface area contributed by atoms with Crippen molar-refractivity contribution in [2.75, 3.05) is 7.05 Å². The van der Waals surface area contributed by atoms with Gasteiger partial charge in [0, 0.05) is 30.4 Å². The van der Waals surface area contributed by atoms with Crippen molar-refractivity contribution in [1.29, 1.82) is 0 Å². The van der Waals surface area contributed by atoms with Gasteiger partial charge in [-0.15, -0.1) is 11.3 Å². The maximum Gasteiger partial charge on any atom is 0.317 e. The van der Waals surface area contributed by atoms with Crippen molar-refractivity contribution in [2.45, 2.75) is 33.0 Å². The van der Waals surface area contributed by atoms with E-state index in [1.165, 1.54) is 10.4 Å². The van der Waals surface area contributed by atoms with Crippen LogP contribution >= 0.6 is 11.3 Å². The van der Waals surface area contributed by atoms with Crippen LogP contribution in [-0.2, 0) is 13.1 Å². The van der Waals surface area contributed by atoms with E-state index >= 15 is 0 Å². The van der Waals surface area contributed by atoms with Crippen LogP contribution in [0, 0.1) is 6.92 Å². The molecule has 0 saturated carbocycles. The van der Waals surface area contributed by atoms with Crippen LogP contribution in [-0.4, -0.2) is 33.8 Å². The van der Waals surface area contributed by atoms with Gasteiger partial charge in [0.2, 0.25) is 0 Å². The molecule has 2 amide bonds. The largest absolute Gasteiger partial charge is 0.334 e. The maximum absolute atomic E-state index is 12.1. The van der Waals surface area contributed by atoms with E-state index < -0.39 is 0 Å². The Bertz CT molecular complexity index is 549. The molecule has 2 rings (SSSR count). The van der Waals surface area contributed by atoms with Gasteiger partial charge in [-0.25, -0.2) is 4.79 Å². The van der Waals surface area contributed by atoms with Crippen LogP contribution in [0.3, 0.4) is 0 Å². The van der Waals surface area contributed by atoms with Gasteiger partial charge in [0.15, 0.2) is 0 Å². The summed E-state index contributed by atoms with van der Waals surface area (Å²) in [5.74, 6) is 0. The summed E-state index contributed by atoms with van der Waals surface area (Å²) in [5.41, 5.74) is 1.24. The predicted molar refractivity (Wildman–Crippen MR) is 80.7 cm³/mol. The zero-order valence-electron chi connectivity index (χ0n) is 12.0. The van der Waals surface area contributed by atoms with Crippen LogP contribution in [0.25, 0.3) is 0 Å². The van der Waals surface area contributed by atoms with E-state index in [0.717, 1.165) is 0 Å². The number of thiophene rings is 1. The molecule has 0 bridgehead atoms. The quantitative estimate of drug-likeness (QED) is 0.920. The van der Waals surface area contributed by atoms with Crippen LogP contribution < -0.4 is 5.32 Å². The van der Waals surface area contributed by atoms with Gasteiger partial charge in [-0.05, 0) is 36.9 Å². The van der Waals surface area contributed by atoms with Crippen LogP contribution in [0.4, 0.5) is 4.79 Å². The summed E-state index contributed by atoms with van der Waals surface area (Å²) >= 11 is 1.68. The molecule has 0 spiro atoms. The molecule has 0 aliphatic heterocycles. The van der Waals surface area contributed by atoms with Crippen molar-refractivity contribution in [3.63, 3.8) is 0 Å². The molecule has 0 saturated heterocycles. The van der Waals surface area contributed by atoms with Gasteiger partial charge in [0.1, 0.15) is 0 Å². The highest BCUT2D eigenvalue weighted by molar-refractivity contribution is 7.10. The van der Waals surface area contributed by atoms with Gasteiger partial charge in [-0.1, -0.05) is 0 Å². The Balaban J connectivity index is 1.83. The molecular weight excluding hydrogens is 272 g/mol.